The van der Waals surface area contributed by atoms with Crippen LogP contribution in [0.1, 0.15) is 33.9 Å². The number of hydrogen-bond acceptors (Lipinski definition) is 6. The van der Waals surface area contributed by atoms with E-state index in [1.165, 1.54) is 21.8 Å². The van der Waals surface area contributed by atoms with Gasteiger partial charge in [0.25, 0.3) is 0 Å². The highest BCUT2D eigenvalue weighted by Crippen LogP contribution is 2.69. The smallest absolute Gasteiger partial charge is 0.305 e. The minimum absolute atomic E-state index is 0.0624. The van der Waals surface area contributed by atoms with Gasteiger partial charge in [0.05, 0.1) is 22.5 Å². The summed E-state index contributed by atoms with van der Waals surface area (Å²) in [5.74, 6) is 0.225. The molecule has 1 aromatic heterocycles. The first-order valence-corrected chi connectivity index (χ1v) is 15.8. The summed E-state index contributed by atoms with van der Waals surface area (Å²) >= 11 is 2.98. The van der Waals surface area contributed by atoms with Gasteiger partial charge in [0.15, 0.2) is 0 Å². The van der Waals surface area contributed by atoms with Crippen molar-refractivity contribution in [2.24, 2.45) is 29.6 Å². The van der Waals surface area contributed by atoms with Gasteiger partial charge in [-0.15, -0.1) is 11.8 Å². The van der Waals surface area contributed by atoms with Crippen LogP contribution < -0.4 is 14.5 Å². The molecule has 0 radical (unpaired) electrons. The van der Waals surface area contributed by atoms with E-state index in [2.05, 4.69) is 30.1 Å². The second kappa shape index (κ2) is 9.46. The standard InChI is InChI=1S/C33H28N2O4S2/c1-17-9-5-6-10-18(17)16-39-23-14-8-7-13-20(23)24-25-21-15-22(28(25)40-30-29(24)41-33(38)34-30)27-26(21)31(36)35(32(27)37)19-11-3-2-4-12-19/h2-14,21-22,24-28H,15-16H2,1H3,(H,34,38)/t21-,22-,24+,25+,26+,27+,28-/m1/s1. The molecule has 0 spiro atoms. The summed E-state index contributed by atoms with van der Waals surface area (Å²) in [7, 11) is 0. The van der Waals surface area contributed by atoms with Crippen molar-refractivity contribution in [2.75, 3.05) is 4.90 Å². The van der Waals surface area contributed by atoms with E-state index in [0.717, 1.165) is 33.2 Å². The lowest BCUT2D eigenvalue weighted by atomic mass is 9.68. The average Bonchev–Trinajstić information content (AvgIpc) is 3.72. The molecular formula is C33H28N2O4S2. The summed E-state index contributed by atoms with van der Waals surface area (Å²) in [5.41, 5.74) is 4.01. The van der Waals surface area contributed by atoms with Crippen LogP contribution in [0.4, 0.5) is 5.69 Å². The van der Waals surface area contributed by atoms with Crippen molar-refractivity contribution < 1.29 is 14.3 Å². The molecule has 3 heterocycles. The van der Waals surface area contributed by atoms with Crippen molar-refractivity contribution in [1.29, 1.82) is 0 Å². The van der Waals surface area contributed by atoms with E-state index >= 15 is 0 Å². The third-order valence-corrected chi connectivity index (χ3v) is 12.2. The molecule has 8 heteroatoms. The number of benzene rings is 3. The van der Waals surface area contributed by atoms with Gasteiger partial charge in [-0.05, 0) is 60.4 Å². The minimum atomic E-state index is -0.325. The SMILES string of the molecule is Cc1ccccc1COc1ccccc1[C@@H]1c2sc(=O)[nH]c2S[C@@H]2[C@@H]3C[C@@H]([C@@H]4C(=O)N(c5ccccc5)C(=O)[C@@H]34)[C@@H]12. The average molecular weight is 581 g/mol. The molecule has 41 heavy (non-hydrogen) atoms. The molecule has 1 N–H and O–H groups in total. The fraction of sp³-hybridized carbons (Fsp3) is 0.303. The number of amides is 2. The van der Waals surface area contributed by atoms with Gasteiger partial charge in [0, 0.05) is 21.6 Å². The van der Waals surface area contributed by atoms with E-state index in [9.17, 15) is 14.4 Å². The predicted octanol–water partition coefficient (Wildman–Crippen LogP) is 6.00. The summed E-state index contributed by atoms with van der Waals surface area (Å²) < 4.78 is 6.49. The summed E-state index contributed by atoms with van der Waals surface area (Å²) in [5, 5.41) is 1.04. The molecule has 3 fully saturated rings. The molecular weight excluding hydrogens is 553 g/mol. The molecule has 8 rings (SSSR count). The third-order valence-electron chi connectivity index (χ3n) is 9.64. The maximum atomic E-state index is 13.9. The molecule has 2 aliphatic carbocycles. The Labute approximate surface area is 245 Å². The molecule has 2 bridgehead atoms. The summed E-state index contributed by atoms with van der Waals surface area (Å²) in [6.45, 7) is 2.53. The number of carbonyl (C=O) groups excluding carboxylic acids is 2. The zero-order valence-electron chi connectivity index (χ0n) is 22.4. The Morgan fingerprint density at radius 1 is 0.878 bits per heavy atom. The summed E-state index contributed by atoms with van der Waals surface area (Å²) in [4.78, 5) is 45.9. The monoisotopic (exact) mass is 580 g/mol. The van der Waals surface area contributed by atoms with Gasteiger partial charge in [-0.2, -0.15) is 0 Å². The van der Waals surface area contributed by atoms with Crippen molar-refractivity contribution in [1.82, 2.24) is 4.98 Å². The van der Waals surface area contributed by atoms with Crippen LogP contribution in [-0.4, -0.2) is 22.0 Å². The van der Waals surface area contributed by atoms with Crippen LogP contribution in [0.15, 0.2) is 88.7 Å². The van der Waals surface area contributed by atoms with E-state index in [1.54, 1.807) is 11.8 Å². The number of aromatic nitrogens is 1. The van der Waals surface area contributed by atoms with Gasteiger partial charge < -0.3 is 9.72 Å². The Morgan fingerprint density at radius 3 is 2.39 bits per heavy atom. The van der Waals surface area contributed by atoms with Crippen molar-refractivity contribution in [3.8, 4) is 5.75 Å². The molecule has 4 aliphatic rings. The largest absolute Gasteiger partial charge is 0.489 e. The lowest BCUT2D eigenvalue weighted by Gasteiger charge is -2.43. The van der Waals surface area contributed by atoms with E-state index in [0.29, 0.717) is 12.3 Å². The van der Waals surface area contributed by atoms with Gasteiger partial charge in [-0.25, -0.2) is 0 Å². The number of rotatable bonds is 5. The van der Waals surface area contributed by atoms with E-state index in [4.69, 9.17) is 4.74 Å². The minimum Gasteiger partial charge on any atom is -0.489 e. The molecule has 4 aromatic rings. The van der Waals surface area contributed by atoms with E-state index < -0.39 is 0 Å². The predicted molar refractivity (Wildman–Crippen MR) is 159 cm³/mol. The van der Waals surface area contributed by atoms with Crippen molar-refractivity contribution >= 4 is 40.6 Å². The fourth-order valence-corrected chi connectivity index (χ4v) is 10.9. The number of ether oxygens (including phenoxy) is 1. The van der Waals surface area contributed by atoms with Crippen LogP contribution >= 0.6 is 23.1 Å². The molecule has 206 valence electrons. The third kappa shape index (κ3) is 3.73. The van der Waals surface area contributed by atoms with Gasteiger partial charge in [-0.3, -0.25) is 19.3 Å². The van der Waals surface area contributed by atoms with Gasteiger partial charge in [0.2, 0.25) is 11.8 Å². The Bertz CT molecular complexity index is 1750. The van der Waals surface area contributed by atoms with Crippen LogP contribution in [0, 0.1) is 36.5 Å². The molecule has 2 aliphatic heterocycles. The number of aromatic amines is 1. The highest BCUT2D eigenvalue weighted by atomic mass is 32.2. The zero-order valence-corrected chi connectivity index (χ0v) is 24.0. The Hall–Kier alpha value is -3.62. The van der Waals surface area contributed by atoms with Gasteiger partial charge >= 0.3 is 4.87 Å². The number of hydrogen-bond donors (Lipinski definition) is 1. The molecule has 2 amide bonds. The highest BCUT2D eigenvalue weighted by molar-refractivity contribution is 8.00. The van der Waals surface area contributed by atoms with Crippen LogP contribution in [0.2, 0.25) is 0 Å². The number of para-hydroxylation sites is 2. The number of thioether (sulfide) groups is 1. The normalized spacial score (nSPS) is 29.4. The molecule has 0 unspecified atom stereocenters. The first-order chi connectivity index (χ1) is 20.0. The van der Waals surface area contributed by atoms with Crippen molar-refractivity contribution in [3.63, 3.8) is 0 Å². The van der Waals surface area contributed by atoms with Crippen LogP contribution in [0.3, 0.4) is 0 Å². The maximum absolute atomic E-state index is 13.9. The Morgan fingerprint density at radius 2 is 1.59 bits per heavy atom. The van der Waals surface area contributed by atoms with Crippen LogP contribution in [0.5, 0.6) is 5.75 Å². The Kier molecular flexibility index (Phi) is 5.80. The lowest BCUT2D eigenvalue weighted by Crippen LogP contribution is -2.42. The number of nitrogens with one attached hydrogen (secondary N) is 1. The van der Waals surface area contributed by atoms with Crippen LogP contribution in [-0.2, 0) is 16.2 Å². The number of carbonyl (C=O) groups is 2. The summed E-state index contributed by atoms with van der Waals surface area (Å²) in [6.07, 6.45) is 0.861. The van der Waals surface area contributed by atoms with E-state index in [-0.39, 0.29) is 57.4 Å². The van der Waals surface area contributed by atoms with E-state index in [1.807, 2.05) is 60.7 Å². The van der Waals surface area contributed by atoms with Gasteiger partial charge in [-0.1, -0.05) is 72.0 Å². The number of aryl methyl sites for hydroxylation is 1. The molecule has 6 nitrogen and oxygen atoms in total. The van der Waals surface area contributed by atoms with Crippen molar-refractivity contribution in [2.45, 2.75) is 36.1 Å². The number of anilines is 1. The molecule has 3 aromatic carbocycles. The topological polar surface area (TPSA) is 79.5 Å². The van der Waals surface area contributed by atoms with Crippen LogP contribution in [0.25, 0.3) is 0 Å². The molecule has 7 atom stereocenters. The first-order valence-electron chi connectivity index (χ1n) is 14.1. The number of nitrogens with zero attached hydrogens (tertiary/aromatic N) is 1. The quantitative estimate of drug-likeness (QED) is 0.293. The van der Waals surface area contributed by atoms with Crippen molar-refractivity contribution in [3.05, 3.63) is 110 Å². The number of imide groups is 1. The fourth-order valence-electron chi connectivity index (χ4n) is 7.99. The number of H-pyrrole nitrogens is 1. The number of fused-ring (bicyclic) bond motifs is 9. The first kappa shape index (κ1) is 25.1. The Balaban J connectivity index is 1.20. The number of thiazole rings is 1. The molecule has 1 saturated heterocycles. The van der Waals surface area contributed by atoms with Gasteiger partial charge in [0.1, 0.15) is 12.4 Å². The second-order valence-electron chi connectivity index (χ2n) is 11.6. The lowest BCUT2D eigenvalue weighted by molar-refractivity contribution is -0.123. The summed E-state index contributed by atoms with van der Waals surface area (Å²) in [6, 6.07) is 25.7. The maximum Gasteiger partial charge on any atom is 0.305 e. The zero-order chi connectivity index (χ0) is 27.8. The second-order valence-corrected chi connectivity index (χ2v) is 13.8. The molecule has 2 saturated carbocycles. The highest BCUT2D eigenvalue weighted by Gasteiger charge is 2.69.